The van der Waals surface area contributed by atoms with E-state index < -0.39 is 0 Å². The lowest BCUT2D eigenvalue weighted by atomic mass is 9.99. The molecule has 0 fully saturated rings. The predicted molar refractivity (Wildman–Crippen MR) is 144 cm³/mol. The molecule has 5 rings (SSSR count). The Labute approximate surface area is 209 Å². The van der Waals surface area contributed by atoms with Gasteiger partial charge in [0.2, 0.25) is 0 Å². The van der Waals surface area contributed by atoms with Gasteiger partial charge in [-0.25, -0.2) is 0 Å². The maximum absolute atomic E-state index is 12.3. The maximum Gasteiger partial charge on any atom is 0.251 e. The normalized spacial score (nSPS) is 10.7. The van der Waals surface area contributed by atoms with Crippen LogP contribution in [0.15, 0.2) is 97.3 Å². The van der Waals surface area contributed by atoms with E-state index in [0.29, 0.717) is 11.1 Å². The van der Waals surface area contributed by atoms with Gasteiger partial charge in [-0.1, -0.05) is 54.6 Å². The molecule has 0 aliphatic carbocycles. The molecule has 178 valence electrons. The summed E-state index contributed by atoms with van der Waals surface area (Å²) in [6.45, 7) is 0. The summed E-state index contributed by atoms with van der Waals surface area (Å²) in [5.41, 5.74) is 8.87. The molecular weight excluding hydrogens is 448 g/mol. The molecule has 0 saturated carbocycles. The highest BCUT2D eigenvalue weighted by Gasteiger charge is 2.15. The van der Waals surface area contributed by atoms with Crippen LogP contribution in [0.25, 0.3) is 44.8 Å². The molecule has 2 amide bonds. The summed E-state index contributed by atoms with van der Waals surface area (Å²) in [5, 5.41) is 5.41. The fourth-order valence-corrected chi connectivity index (χ4v) is 4.42. The monoisotopic (exact) mass is 474 g/mol. The minimum absolute atomic E-state index is 0.115. The van der Waals surface area contributed by atoms with Crippen molar-refractivity contribution in [3.8, 4) is 44.8 Å². The Morgan fingerprint density at radius 1 is 0.556 bits per heavy atom. The van der Waals surface area contributed by atoms with Gasteiger partial charge in [-0.05, 0) is 52.6 Å². The van der Waals surface area contributed by atoms with Crippen molar-refractivity contribution >= 4 is 11.8 Å². The molecule has 0 radical (unpaired) electrons. The van der Waals surface area contributed by atoms with Gasteiger partial charge < -0.3 is 20.6 Å². The molecule has 2 aromatic heterocycles. The van der Waals surface area contributed by atoms with Crippen LogP contribution in [0.3, 0.4) is 0 Å². The van der Waals surface area contributed by atoms with Crippen LogP contribution >= 0.6 is 0 Å². The Bertz CT molecular complexity index is 1450. The highest BCUT2D eigenvalue weighted by atomic mass is 16.2. The summed E-state index contributed by atoms with van der Waals surface area (Å²) in [6.07, 6.45) is 3.85. The lowest BCUT2D eigenvalue weighted by Gasteiger charge is -2.06. The Hall–Kier alpha value is -4.84. The Morgan fingerprint density at radius 2 is 1.00 bits per heavy atom. The van der Waals surface area contributed by atoms with Crippen molar-refractivity contribution in [2.45, 2.75) is 0 Å². The second-order valence-electron chi connectivity index (χ2n) is 8.43. The number of aromatic nitrogens is 2. The van der Waals surface area contributed by atoms with E-state index in [4.69, 9.17) is 0 Å². The molecule has 3 aromatic carbocycles. The summed E-state index contributed by atoms with van der Waals surface area (Å²) in [4.78, 5) is 31.3. The van der Waals surface area contributed by atoms with Gasteiger partial charge in [0.15, 0.2) is 0 Å². The third-order valence-electron chi connectivity index (χ3n) is 6.27. The van der Waals surface area contributed by atoms with Gasteiger partial charge in [-0.15, -0.1) is 0 Å². The fourth-order valence-electron chi connectivity index (χ4n) is 4.42. The Morgan fingerprint density at radius 3 is 1.44 bits per heavy atom. The maximum atomic E-state index is 12.3. The highest BCUT2D eigenvalue weighted by Crippen LogP contribution is 2.32. The summed E-state index contributed by atoms with van der Waals surface area (Å²) < 4.78 is 0. The standard InChI is InChI=1S/C30H26N4O2/c1-31-29(35)25-12-5-3-10-23(25)21-15-27(33-17-21)19-8-7-9-20(14-19)28-16-22(18-34-28)24-11-4-6-13-26(24)30(36)32-2/h3-18,33-34H,1-2H3,(H,31,35)(H,32,36). The van der Waals surface area contributed by atoms with Crippen molar-refractivity contribution in [1.29, 1.82) is 0 Å². The molecule has 0 bridgehead atoms. The molecule has 0 aliphatic heterocycles. The van der Waals surface area contributed by atoms with Gasteiger partial charge in [0.05, 0.1) is 0 Å². The predicted octanol–water partition coefficient (Wildman–Crippen LogP) is 5.73. The Balaban J connectivity index is 1.46. The van der Waals surface area contributed by atoms with Crippen LogP contribution in [0, 0.1) is 0 Å². The summed E-state index contributed by atoms with van der Waals surface area (Å²) in [6, 6.07) is 27.5. The lowest BCUT2D eigenvalue weighted by molar-refractivity contribution is 0.0955. The van der Waals surface area contributed by atoms with Crippen LogP contribution in [-0.2, 0) is 0 Å². The number of nitrogens with one attached hydrogen (secondary N) is 4. The molecule has 0 saturated heterocycles. The van der Waals surface area contributed by atoms with Gasteiger partial charge >= 0.3 is 0 Å². The number of carbonyl (C=O) groups is 2. The lowest BCUT2D eigenvalue weighted by Crippen LogP contribution is -2.18. The topological polar surface area (TPSA) is 89.8 Å². The van der Waals surface area contributed by atoms with Crippen molar-refractivity contribution in [2.24, 2.45) is 0 Å². The van der Waals surface area contributed by atoms with Crippen molar-refractivity contribution < 1.29 is 9.59 Å². The molecule has 6 nitrogen and oxygen atoms in total. The molecule has 36 heavy (non-hydrogen) atoms. The van der Waals surface area contributed by atoms with E-state index in [-0.39, 0.29) is 11.8 Å². The molecule has 2 heterocycles. The average molecular weight is 475 g/mol. The van der Waals surface area contributed by atoms with Crippen LogP contribution in [0.5, 0.6) is 0 Å². The molecule has 0 unspecified atom stereocenters. The first-order valence-electron chi connectivity index (χ1n) is 11.7. The highest BCUT2D eigenvalue weighted by molar-refractivity contribution is 6.01. The van der Waals surface area contributed by atoms with Crippen molar-refractivity contribution in [2.75, 3.05) is 14.1 Å². The van der Waals surface area contributed by atoms with E-state index in [1.54, 1.807) is 14.1 Å². The van der Waals surface area contributed by atoms with Crippen molar-refractivity contribution in [1.82, 2.24) is 20.6 Å². The summed E-state index contributed by atoms with van der Waals surface area (Å²) >= 11 is 0. The summed E-state index contributed by atoms with van der Waals surface area (Å²) in [7, 11) is 3.27. The third-order valence-corrected chi connectivity index (χ3v) is 6.27. The van der Waals surface area contributed by atoms with Crippen LogP contribution in [0.2, 0.25) is 0 Å². The number of hydrogen-bond acceptors (Lipinski definition) is 2. The number of rotatable bonds is 6. The van der Waals surface area contributed by atoms with Gasteiger partial charge in [0.1, 0.15) is 0 Å². The van der Waals surface area contributed by atoms with Gasteiger partial charge in [0.25, 0.3) is 11.8 Å². The zero-order chi connectivity index (χ0) is 25.1. The number of carbonyl (C=O) groups excluding carboxylic acids is 2. The molecule has 0 aliphatic rings. The van der Waals surface area contributed by atoms with Crippen molar-refractivity contribution in [3.05, 3.63) is 108 Å². The van der Waals surface area contributed by atoms with E-state index in [2.05, 4.69) is 50.9 Å². The smallest absolute Gasteiger partial charge is 0.251 e. The molecule has 0 spiro atoms. The zero-order valence-electron chi connectivity index (χ0n) is 20.1. The van der Waals surface area contributed by atoms with E-state index in [9.17, 15) is 9.59 Å². The number of benzene rings is 3. The van der Waals surface area contributed by atoms with E-state index in [0.717, 1.165) is 44.8 Å². The van der Waals surface area contributed by atoms with Crippen LogP contribution in [0.4, 0.5) is 0 Å². The zero-order valence-corrected chi connectivity index (χ0v) is 20.1. The second-order valence-corrected chi connectivity index (χ2v) is 8.43. The molecule has 0 atom stereocenters. The van der Waals surface area contributed by atoms with Gasteiger partial charge in [-0.3, -0.25) is 9.59 Å². The second kappa shape index (κ2) is 9.80. The van der Waals surface area contributed by atoms with Crippen LogP contribution in [-0.4, -0.2) is 35.9 Å². The van der Waals surface area contributed by atoms with Gasteiger partial charge in [-0.2, -0.15) is 0 Å². The minimum Gasteiger partial charge on any atom is -0.361 e. The first-order chi connectivity index (χ1) is 17.6. The average Bonchev–Trinajstić information content (AvgIpc) is 3.63. The first-order valence-corrected chi connectivity index (χ1v) is 11.7. The number of amides is 2. The minimum atomic E-state index is -0.115. The molecule has 4 N–H and O–H groups in total. The molecule has 5 aromatic rings. The van der Waals surface area contributed by atoms with E-state index >= 15 is 0 Å². The van der Waals surface area contributed by atoms with Crippen molar-refractivity contribution in [3.63, 3.8) is 0 Å². The molecule has 6 heteroatoms. The van der Waals surface area contributed by atoms with Gasteiger partial charge in [0, 0.05) is 60.1 Å². The molecular formula is C30H26N4O2. The SMILES string of the molecule is CNC(=O)c1ccccc1-c1c[nH]c(-c2cccc(-c3cc(-c4ccccc4C(=O)NC)c[nH]3)c2)c1. The first kappa shape index (κ1) is 22.9. The number of hydrogen-bond donors (Lipinski definition) is 4. The number of aromatic amines is 2. The van der Waals surface area contributed by atoms with E-state index in [1.165, 1.54) is 0 Å². The third kappa shape index (κ3) is 4.32. The summed E-state index contributed by atoms with van der Waals surface area (Å²) in [5.74, 6) is -0.230. The largest absolute Gasteiger partial charge is 0.361 e. The number of H-pyrrole nitrogens is 2. The van der Waals surface area contributed by atoms with Crippen LogP contribution in [0.1, 0.15) is 20.7 Å². The quantitative estimate of drug-likeness (QED) is 0.253. The van der Waals surface area contributed by atoms with E-state index in [1.807, 2.05) is 67.0 Å². The Kier molecular flexibility index (Phi) is 6.24. The fraction of sp³-hybridized carbons (Fsp3) is 0.0667. The van der Waals surface area contributed by atoms with Crippen LogP contribution < -0.4 is 10.6 Å².